The van der Waals surface area contributed by atoms with Crippen LogP contribution in [-0.2, 0) is 41.8 Å². The van der Waals surface area contributed by atoms with Crippen LogP contribution in [0.4, 0.5) is 0 Å². The minimum absolute atomic E-state index is 0.0429. The Labute approximate surface area is 314 Å². The van der Waals surface area contributed by atoms with E-state index in [0.717, 1.165) is 57.8 Å². The number of hydrogen-bond donors (Lipinski definition) is 8. The normalized spacial score (nSPS) is 23.7. The fourth-order valence-corrected chi connectivity index (χ4v) is 7.52. The number of ether oxygens (including phenoxy) is 2. The van der Waals surface area contributed by atoms with E-state index in [2.05, 4.69) is 11.4 Å². The number of carbonyl (C=O) groups excluding carboxylic acids is 2. The number of aliphatic hydroxyl groups is 4. The van der Waals surface area contributed by atoms with Gasteiger partial charge in [-0.3, -0.25) is 23.2 Å². The molecule has 1 aliphatic rings. The van der Waals surface area contributed by atoms with E-state index in [0.29, 0.717) is 19.4 Å². The average Bonchev–Trinajstić information content (AvgIpc) is 3.10. The average molecular weight is 808 g/mol. The van der Waals surface area contributed by atoms with Gasteiger partial charge < -0.3 is 50.3 Å². The number of phosphoric ester groups is 2. The molecule has 53 heavy (non-hydrogen) atoms. The smallest absolute Gasteiger partial charge is 0.462 e. The van der Waals surface area contributed by atoms with Gasteiger partial charge in [0.25, 0.3) is 0 Å². The fraction of sp³-hybridized carbons (Fsp3) is 0.941. The van der Waals surface area contributed by atoms with Crippen molar-refractivity contribution in [3.8, 4) is 0 Å². The molecular weight excluding hydrogens is 740 g/mol. The minimum Gasteiger partial charge on any atom is -0.462 e. The van der Waals surface area contributed by atoms with Gasteiger partial charge in [-0.1, -0.05) is 110 Å². The summed E-state index contributed by atoms with van der Waals surface area (Å²) in [4.78, 5) is 53.7. The Bertz CT molecular complexity index is 1080. The zero-order valence-electron chi connectivity index (χ0n) is 31.3. The van der Waals surface area contributed by atoms with Gasteiger partial charge in [-0.15, -0.1) is 0 Å². The first-order chi connectivity index (χ1) is 25.1. The molecule has 1 fully saturated rings. The quantitative estimate of drug-likeness (QED) is 0.0270. The van der Waals surface area contributed by atoms with Crippen molar-refractivity contribution < 1.29 is 76.9 Å². The molecule has 0 saturated heterocycles. The highest BCUT2D eigenvalue weighted by Crippen LogP contribution is 2.49. The predicted molar refractivity (Wildman–Crippen MR) is 194 cm³/mol. The number of esters is 2. The standard InChI is InChI=1S/C34H67NO16P2/c1-2-3-4-5-6-7-8-9-10-11-12-16-19-22-28(37)49-26(24-47-27(36)21-18-15-13-14-17-20-23-35)25-48-53(45,46)51-34-31(40)29(38)30(39)33(32(34)41)50-52(42,43)44/h26,29-34,38-41H,2-25,35H2,1H3,(H,45,46)(H2,42,43,44)/t26-,29+,30?,31+,32?,33-,34?/m0/s1. The highest BCUT2D eigenvalue weighted by atomic mass is 31.2. The summed E-state index contributed by atoms with van der Waals surface area (Å²) in [6.45, 7) is 1.49. The van der Waals surface area contributed by atoms with Crippen LogP contribution >= 0.6 is 15.6 Å². The molecule has 19 heteroatoms. The molecular formula is C34H67NO16P2. The van der Waals surface area contributed by atoms with Crippen molar-refractivity contribution in [3.63, 3.8) is 0 Å². The van der Waals surface area contributed by atoms with Gasteiger partial charge in [0, 0.05) is 12.8 Å². The molecule has 0 aromatic carbocycles. The van der Waals surface area contributed by atoms with Gasteiger partial charge in [0.2, 0.25) is 0 Å². The summed E-state index contributed by atoms with van der Waals surface area (Å²) in [6.07, 6.45) is 5.18. The van der Waals surface area contributed by atoms with Crippen molar-refractivity contribution >= 4 is 27.6 Å². The second-order valence-corrected chi connectivity index (χ2v) is 16.4. The number of hydrogen-bond acceptors (Lipinski definition) is 14. The van der Waals surface area contributed by atoms with Crippen molar-refractivity contribution in [3.05, 3.63) is 0 Å². The third kappa shape index (κ3) is 23.6. The van der Waals surface area contributed by atoms with Crippen LogP contribution in [0.2, 0.25) is 0 Å². The van der Waals surface area contributed by atoms with E-state index >= 15 is 0 Å². The van der Waals surface area contributed by atoms with Crippen molar-refractivity contribution in [2.45, 2.75) is 184 Å². The topological polar surface area (TPSA) is 282 Å². The molecule has 8 atom stereocenters. The maximum Gasteiger partial charge on any atom is 0.472 e. The summed E-state index contributed by atoms with van der Waals surface area (Å²) >= 11 is 0. The summed E-state index contributed by atoms with van der Waals surface area (Å²) in [5, 5.41) is 40.9. The van der Waals surface area contributed by atoms with E-state index in [-0.39, 0.29) is 12.8 Å². The lowest BCUT2D eigenvalue weighted by Gasteiger charge is -2.43. The second kappa shape index (κ2) is 28.4. The van der Waals surface area contributed by atoms with E-state index < -0.39 is 83.5 Å². The van der Waals surface area contributed by atoms with E-state index in [9.17, 15) is 44.0 Å². The van der Waals surface area contributed by atoms with Crippen molar-refractivity contribution in [1.82, 2.24) is 0 Å². The molecule has 1 aliphatic carbocycles. The Morgan fingerprint density at radius 3 is 1.49 bits per heavy atom. The van der Waals surface area contributed by atoms with Crippen molar-refractivity contribution in [2.24, 2.45) is 5.73 Å². The summed E-state index contributed by atoms with van der Waals surface area (Å²) in [5.41, 5.74) is 5.50. The van der Waals surface area contributed by atoms with Crippen molar-refractivity contribution in [2.75, 3.05) is 19.8 Å². The molecule has 0 spiro atoms. The fourth-order valence-electron chi connectivity index (χ4n) is 5.98. The largest absolute Gasteiger partial charge is 0.472 e. The lowest BCUT2D eigenvalue weighted by atomic mass is 9.85. The van der Waals surface area contributed by atoms with Crippen LogP contribution in [-0.4, -0.2) is 110 Å². The SMILES string of the molecule is CCCCCCCCCCCCCCCC(=O)O[C@@H](COC(=O)CCCCCCCCN)COP(=O)(O)OC1C(O)[C@@H](OP(=O)(O)O)C(O)[C@@H](O)[C@H]1O. The maximum absolute atomic E-state index is 12.9. The molecule has 0 amide bonds. The van der Waals surface area contributed by atoms with Crippen LogP contribution in [0.15, 0.2) is 0 Å². The third-order valence-corrected chi connectivity index (χ3v) is 10.5. The molecule has 1 saturated carbocycles. The van der Waals surface area contributed by atoms with Gasteiger partial charge in [0.1, 0.15) is 43.2 Å². The van der Waals surface area contributed by atoms with E-state index in [1.165, 1.54) is 51.4 Å². The van der Waals surface area contributed by atoms with Crippen LogP contribution in [0.5, 0.6) is 0 Å². The Kier molecular flexibility index (Phi) is 26.8. The highest BCUT2D eigenvalue weighted by Gasteiger charge is 2.54. The maximum atomic E-state index is 12.9. The first kappa shape index (κ1) is 50.0. The Morgan fingerprint density at radius 2 is 1.02 bits per heavy atom. The molecule has 0 heterocycles. The van der Waals surface area contributed by atoms with Gasteiger partial charge in [-0.05, 0) is 25.8 Å². The molecule has 0 aliphatic heterocycles. The molecule has 17 nitrogen and oxygen atoms in total. The molecule has 0 aromatic heterocycles. The summed E-state index contributed by atoms with van der Waals surface area (Å²) in [6, 6.07) is 0. The van der Waals surface area contributed by atoms with Crippen LogP contribution in [0.1, 0.15) is 142 Å². The van der Waals surface area contributed by atoms with Gasteiger partial charge in [-0.2, -0.15) is 0 Å². The highest BCUT2D eigenvalue weighted by molar-refractivity contribution is 7.47. The molecule has 0 aromatic rings. The number of unbranched alkanes of at least 4 members (excludes halogenated alkanes) is 17. The lowest BCUT2D eigenvalue weighted by molar-refractivity contribution is -0.216. The van der Waals surface area contributed by atoms with Crippen LogP contribution < -0.4 is 5.73 Å². The molecule has 0 radical (unpaired) electrons. The number of aliphatic hydroxyl groups excluding tert-OH is 4. The first-order valence-electron chi connectivity index (χ1n) is 19.3. The zero-order chi connectivity index (χ0) is 39.7. The van der Waals surface area contributed by atoms with Gasteiger partial charge in [0.15, 0.2) is 6.10 Å². The minimum atomic E-state index is -5.35. The molecule has 1 rings (SSSR count). The summed E-state index contributed by atoms with van der Waals surface area (Å²) in [7, 11) is -10.6. The molecule has 0 bridgehead atoms. The van der Waals surface area contributed by atoms with Crippen LogP contribution in [0, 0.1) is 0 Å². The third-order valence-electron chi connectivity index (χ3n) is 9.03. The Balaban J connectivity index is 2.67. The monoisotopic (exact) mass is 807 g/mol. The second-order valence-electron chi connectivity index (χ2n) is 13.8. The van der Waals surface area contributed by atoms with Gasteiger partial charge in [-0.25, -0.2) is 9.13 Å². The predicted octanol–water partition coefficient (Wildman–Crippen LogP) is 4.05. The van der Waals surface area contributed by atoms with E-state index in [1.54, 1.807) is 0 Å². The van der Waals surface area contributed by atoms with Crippen LogP contribution in [0.25, 0.3) is 0 Å². The Morgan fingerprint density at radius 1 is 0.585 bits per heavy atom. The molecule has 9 N–H and O–H groups in total. The number of nitrogens with two attached hydrogens (primary N) is 1. The lowest BCUT2D eigenvalue weighted by Crippen LogP contribution is -2.64. The zero-order valence-corrected chi connectivity index (χ0v) is 33.1. The molecule has 314 valence electrons. The number of rotatable bonds is 32. The summed E-state index contributed by atoms with van der Waals surface area (Å²) < 4.78 is 48.9. The van der Waals surface area contributed by atoms with Gasteiger partial charge in [0.05, 0.1) is 6.61 Å². The summed E-state index contributed by atoms with van der Waals surface area (Å²) in [5.74, 6) is -1.23. The number of carbonyl (C=O) groups is 2. The van der Waals surface area contributed by atoms with Crippen molar-refractivity contribution in [1.29, 1.82) is 0 Å². The number of phosphoric acid groups is 2. The Hall–Kier alpha value is -1.04. The van der Waals surface area contributed by atoms with E-state index in [1.807, 2.05) is 0 Å². The van der Waals surface area contributed by atoms with Crippen LogP contribution in [0.3, 0.4) is 0 Å². The first-order valence-corrected chi connectivity index (χ1v) is 22.3. The molecule has 4 unspecified atom stereocenters. The van der Waals surface area contributed by atoms with E-state index in [4.69, 9.17) is 34.0 Å². The van der Waals surface area contributed by atoms with Gasteiger partial charge >= 0.3 is 27.6 Å².